The first-order chi connectivity index (χ1) is 14.4. The van der Waals surface area contributed by atoms with Crippen LogP contribution in [0.15, 0.2) is 42.5 Å². The lowest BCUT2D eigenvalue weighted by Crippen LogP contribution is -2.18. The average Bonchev–Trinajstić information content (AvgIpc) is 3.32. The molecule has 0 saturated carbocycles. The van der Waals surface area contributed by atoms with Gasteiger partial charge in [0.15, 0.2) is 6.29 Å². The van der Waals surface area contributed by atoms with Gasteiger partial charge in [0.25, 0.3) is 11.4 Å². The van der Waals surface area contributed by atoms with E-state index in [9.17, 15) is 25.0 Å². The zero-order valence-corrected chi connectivity index (χ0v) is 15.5. The lowest BCUT2D eigenvalue weighted by molar-refractivity contribution is -0.385. The van der Waals surface area contributed by atoms with E-state index in [1.165, 1.54) is 42.5 Å². The van der Waals surface area contributed by atoms with Crippen LogP contribution in [0.3, 0.4) is 0 Å². The second kappa shape index (κ2) is 8.05. The first-order valence-electron chi connectivity index (χ1n) is 9.08. The number of nitro benzene ring substituents is 2. The third-order valence-electron chi connectivity index (χ3n) is 5.09. The van der Waals surface area contributed by atoms with Crippen LogP contribution in [0.2, 0.25) is 0 Å². The Morgan fingerprint density at radius 3 is 2.37 bits per heavy atom. The van der Waals surface area contributed by atoms with Crippen LogP contribution >= 0.6 is 0 Å². The summed E-state index contributed by atoms with van der Waals surface area (Å²) in [6.07, 6.45) is -0.726. The molecule has 3 unspecified atom stereocenters. The number of nitrogens with zero attached hydrogens (tertiary/aromatic N) is 2. The maximum Gasteiger partial charge on any atom is 0.519 e. The minimum absolute atomic E-state index is 0.0000435. The van der Waals surface area contributed by atoms with E-state index < -0.39 is 16.0 Å². The molecule has 3 atom stereocenters. The molecule has 0 bridgehead atoms. The zero-order chi connectivity index (χ0) is 21.3. The van der Waals surface area contributed by atoms with Gasteiger partial charge in [-0.25, -0.2) is 4.79 Å². The Bertz CT molecular complexity index is 992. The Morgan fingerprint density at radius 1 is 0.967 bits per heavy atom. The van der Waals surface area contributed by atoms with Gasteiger partial charge in [-0.1, -0.05) is 0 Å². The van der Waals surface area contributed by atoms with Crippen molar-refractivity contribution in [2.24, 2.45) is 5.92 Å². The number of hydrogen-bond acceptors (Lipinski definition) is 9. The van der Waals surface area contributed by atoms with Gasteiger partial charge in [-0.15, -0.1) is 0 Å². The molecule has 2 aliphatic rings. The molecule has 2 aromatic carbocycles. The number of non-ortho nitro benzene ring substituents is 2. The molecule has 2 aromatic rings. The molecule has 0 aromatic heterocycles. The van der Waals surface area contributed by atoms with Crippen molar-refractivity contribution in [1.82, 2.24) is 0 Å². The summed E-state index contributed by atoms with van der Waals surface area (Å²) in [4.78, 5) is 33.1. The highest BCUT2D eigenvalue weighted by molar-refractivity contribution is 5.68. The smallest absolute Gasteiger partial charge is 0.395 e. The molecule has 156 valence electrons. The summed E-state index contributed by atoms with van der Waals surface area (Å²) in [5.41, 5.74) is 0.175. The molecule has 0 aliphatic carbocycles. The van der Waals surface area contributed by atoms with E-state index in [0.29, 0.717) is 12.2 Å². The van der Waals surface area contributed by atoms with Gasteiger partial charge in [0.2, 0.25) is 0 Å². The molecule has 30 heavy (non-hydrogen) atoms. The third-order valence-corrected chi connectivity index (χ3v) is 5.09. The zero-order valence-electron chi connectivity index (χ0n) is 15.5. The number of ether oxygens (including phenoxy) is 4. The van der Waals surface area contributed by atoms with Crippen molar-refractivity contribution in [3.63, 3.8) is 0 Å². The van der Waals surface area contributed by atoms with Crippen LogP contribution < -0.4 is 9.47 Å². The predicted molar refractivity (Wildman–Crippen MR) is 99.4 cm³/mol. The van der Waals surface area contributed by atoms with Gasteiger partial charge in [-0.05, 0) is 24.6 Å². The Labute approximate surface area is 169 Å². The fourth-order valence-corrected chi connectivity index (χ4v) is 3.66. The molecule has 4 rings (SSSR count). The van der Waals surface area contributed by atoms with Crippen LogP contribution in [-0.4, -0.2) is 35.5 Å². The van der Waals surface area contributed by atoms with Crippen LogP contribution in [-0.2, 0) is 9.47 Å². The van der Waals surface area contributed by atoms with Crippen LogP contribution in [0.25, 0.3) is 0 Å². The summed E-state index contributed by atoms with van der Waals surface area (Å²) in [6, 6.07) is 8.85. The molecule has 0 spiro atoms. The number of nitro groups is 2. The van der Waals surface area contributed by atoms with Crippen molar-refractivity contribution in [2.75, 3.05) is 13.2 Å². The van der Waals surface area contributed by atoms with Crippen LogP contribution in [0.4, 0.5) is 16.2 Å². The summed E-state index contributed by atoms with van der Waals surface area (Å²) >= 11 is 0. The minimum Gasteiger partial charge on any atom is -0.395 e. The monoisotopic (exact) mass is 416 g/mol. The number of benzene rings is 2. The molecular weight excluding hydrogens is 400 g/mol. The van der Waals surface area contributed by atoms with E-state index in [0.717, 1.165) is 6.42 Å². The highest BCUT2D eigenvalue weighted by Crippen LogP contribution is 2.45. The number of fused-ring (bicyclic) bond motifs is 1. The molecule has 2 aliphatic heterocycles. The number of hydrogen-bond donors (Lipinski definition) is 0. The quantitative estimate of drug-likeness (QED) is 0.309. The summed E-state index contributed by atoms with van der Waals surface area (Å²) in [7, 11) is 0. The standard InChI is InChI=1S/C19H16N2O9/c22-19(29-13-4-1-11(2-5-13)20(23)24)30-17-6-3-12(21(25)26)9-15(17)16-10-28-18-14(16)7-8-27-18/h1-6,9,14,16,18H,7-8,10H2. The molecule has 11 heteroatoms. The highest BCUT2D eigenvalue weighted by Gasteiger charge is 2.43. The summed E-state index contributed by atoms with van der Waals surface area (Å²) in [6.45, 7) is 0.809. The molecule has 11 nitrogen and oxygen atoms in total. The van der Waals surface area contributed by atoms with Gasteiger partial charge in [0.05, 0.1) is 23.1 Å². The predicted octanol–water partition coefficient (Wildman–Crippen LogP) is 3.56. The fraction of sp³-hybridized carbons (Fsp3) is 0.316. The number of rotatable bonds is 5. The van der Waals surface area contributed by atoms with E-state index in [-0.39, 0.29) is 47.6 Å². The number of carbonyl (C=O) groups is 1. The van der Waals surface area contributed by atoms with Gasteiger partial charge in [-0.2, -0.15) is 0 Å². The van der Waals surface area contributed by atoms with Crippen LogP contribution in [0.1, 0.15) is 17.9 Å². The van der Waals surface area contributed by atoms with Crippen LogP contribution in [0.5, 0.6) is 11.5 Å². The van der Waals surface area contributed by atoms with Crippen molar-refractivity contribution < 1.29 is 33.6 Å². The van der Waals surface area contributed by atoms with Gasteiger partial charge >= 0.3 is 6.16 Å². The van der Waals surface area contributed by atoms with Gasteiger partial charge < -0.3 is 18.9 Å². The Hall–Kier alpha value is -3.57. The second-order valence-corrected chi connectivity index (χ2v) is 6.82. The van der Waals surface area contributed by atoms with Crippen molar-refractivity contribution >= 4 is 17.5 Å². The molecular formula is C19H16N2O9. The van der Waals surface area contributed by atoms with Gasteiger partial charge in [0.1, 0.15) is 11.5 Å². The van der Waals surface area contributed by atoms with Crippen molar-refractivity contribution in [3.05, 3.63) is 68.3 Å². The van der Waals surface area contributed by atoms with E-state index >= 15 is 0 Å². The lowest BCUT2D eigenvalue weighted by Gasteiger charge is -2.18. The number of carbonyl (C=O) groups excluding carboxylic acids is 1. The van der Waals surface area contributed by atoms with Gasteiger partial charge in [-0.3, -0.25) is 20.2 Å². The molecule has 0 N–H and O–H groups in total. The first kappa shape index (κ1) is 19.7. The topological polar surface area (TPSA) is 140 Å². The minimum atomic E-state index is -1.07. The highest BCUT2D eigenvalue weighted by atomic mass is 16.7. The maximum atomic E-state index is 12.2. The van der Waals surface area contributed by atoms with E-state index in [2.05, 4.69) is 0 Å². The van der Waals surface area contributed by atoms with E-state index in [4.69, 9.17) is 18.9 Å². The van der Waals surface area contributed by atoms with E-state index in [1.807, 2.05) is 0 Å². The average molecular weight is 416 g/mol. The fourth-order valence-electron chi connectivity index (χ4n) is 3.66. The lowest BCUT2D eigenvalue weighted by atomic mass is 9.86. The van der Waals surface area contributed by atoms with Gasteiger partial charge in [0, 0.05) is 41.7 Å². The molecule has 2 saturated heterocycles. The SMILES string of the molecule is O=C(Oc1ccc([N+](=O)[O-])cc1)Oc1ccc([N+](=O)[O-])cc1C1COC2OCCC21. The Balaban J connectivity index is 1.55. The van der Waals surface area contributed by atoms with Crippen LogP contribution in [0, 0.1) is 26.1 Å². The van der Waals surface area contributed by atoms with Crippen molar-refractivity contribution in [2.45, 2.75) is 18.6 Å². The summed E-state index contributed by atoms with van der Waals surface area (Å²) < 4.78 is 21.5. The largest absolute Gasteiger partial charge is 0.519 e. The molecule has 0 radical (unpaired) electrons. The Morgan fingerprint density at radius 2 is 1.67 bits per heavy atom. The maximum absolute atomic E-state index is 12.2. The first-order valence-corrected chi connectivity index (χ1v) is 9.08. The van der Waals surface area contributed by atoms with Crippen molar-refractivity contribution in [1.29, 1.82) is 0 Å². The molecule has 2 fully saturated rings. The molecule has 2 heterocycles. The van der Waals surface area contributed by atoms with E-state index in [1.54, 1.807) is 0 Å². The molecule has 0 amide bonds. The third kappa shape index (κ3) is 3.93. The summed E-state index contributed by atoms with van der Waals surface area (Å²) in [5.74, 6) is -0.0594. The normalized spacial score (nSPS) is 22.3. The summed E-state index contributed by atoms with van der Waals surface area (Å²) in [5, 5.41) is 21.9. The Kier molecular flexibility index (Phi) is 5.29. The second-order valence-electron chi connectivity index (χ2n) is 6.82. The van der Waals surface area contributed by atoms with Crippen molar-refractivity contribution in [3.8, 4) is 11.5 Å².